The van der Waals surface area contributed by atoms with Crippen molar-refractivity contribution in [1.82, 2.24) is 10.2 Å². The molecule has 1 saturated heterocycles. The molecule has 0 unspecified atom stereocenters. The van der Waals surface area contributed by atoms with Crippen LogP contribution in [-0.2, 0) is 0 Å². The Balaban J connectivity index is 1.42. The van der Waals surface area contributed by atoms with Crippen LogP contribution in [0.15, 0.2) is 48.5 Å². The molecule has 2 heterocycles. The predicted octanol–water partition coefficient (Wildman–Crippen LogP) is 3.17. The summed E-state index contributed by atoms with van der Waals surface area (Å²) in [7, 11) is 0. The fraction of sp³-hybridized carbons (Fsp3) is 0.300. The van der Waals surface area contributed by atoms with E-state index in [1.54, 1.807) is 4.90 Å². The van der Waals surface area contributed by atoms with Crippen molar-refractivity contribution in [1.29, 1.82) is 0 Å². The van der Waals surface area contributed by atoms with Crippen LogP contribution >= 0.6 is 0 Å². The molecule has 0 saturated carbocycles. The molecule has 0 aliphatic carbocycles. The molecule has 26 heavy (non-hydrogen) atoms. The van der Waals surface area contributed by atoms with Crippen LogP contribution in [0, 0.1) is 6.92 Å². The highest BCUT2D eigenvalue weighted by Gasteiger charge is 2.41. The van der Waals surface area contributed by atoms with Gasteiger partial charge in [-0.05, 0) is 31.2 Å². The van der Waals surface area contributed by atoms with Crippen LogP contribution in [-0.4, -0.2) is 35.6 Å². The molecular formula is C20H22N4O2. The summed E-state index contributed by atoms with van der Waals surface area (Å²) in [4.78, 5) is 26.8. The molecule has 3 N–H and O–H groups in total. The third-order valence-corrected chi connectivity index (χ3v) is 5.08. The lowest BCUT2D eigenvalue weighted by Crippen LogP contribution is -2.63. The van der Waals surface area contributed by atoms with Gasteiger partial charge in [-0.25, -0.2) is 4.79 Å². The fourth-order valence-electron chi connectivity index (χ4n) is 3.59. The summed E-state index contributed by atoms with van der Waals surface area (Å²) in [5, 5.41) is 9.52. The number of benzene rings is 2. The number of hydrogen-bond donors (Lipinski definition) is 3. The van der Waals surface area contributed by atoms with E-state index in [2.05, 4.69) is 16.0 Å². The first-order chi connectivity index (χ1) is 12.5. The molecule has 2 aliphatic heterocycles. The Morgan fingerprint density at radius 2 is 1.81 bits per heavy atom. The number of piperidine rings is 1. The zero-order chi connectivity index (χ0) is 18.1. The van der Waals surface area contributed by atoms with E-state index in [0.29, 0.717) is 31.5 Å². The maximum Gasteiger partial charge on any atom is 0.321 e. The monoisotopic (exact) mass is 350 g/mol. The van der Waals surface area contributed by atoms with Crippen LogP contribution in [0.4, 0.5) is 16.2 Å². The fourth-order valence-corrected chi connectivity index (χ4v) is 3.59. The SMILES string of the molecule is Cc1ccc2c(c1)C(=O)NC1(CCN(C(=O)Nc3ccccc3)CC1)N2. The molecule has 2 aromatic rings. The number of carbonyl (C=O) groups excluding carboxylic acids is 2. The van der Waals surface area contributed by atoms with Gasteiger partial charge in [-0.2, -0.15) is 0 Å². The largest absolute Gasteiger partial charge is 0.362 e. The summed E-state index contributed by atoms with van der Waals surface area (Å²) in [5.74, 6) is -0.0513. The molecule has 3 amide bonds. The molecule has 1 spiro atoms. The van der Waals surface area contributed by atoms with Gasteiger partial charge in [0, 0.05) is 37.3 Å². The number of aryl methyl sites for hydroxylation is 1. The van der Waals surface area contributed by atoms with E-state index in [0.717, 1.165) is 16.9 Å². The van der Waals surface area contributed by atoms with Gasteiger partial charge in [0.1, 0.15) is 5.66 Å². The Labute approximate surface area is 152 Å². The first-order valence-corrected chi connectivity index (χ1v) is 8.87. The minimum Gasteiger partial charge on any atom is -0.362 e. The van der Waals surface area contributed by atoms with Gasteiger partial charge in [-0.3, -0.25) is 4.79 Å². The van der Waals surface area contributed by atoms with Crippen molar-refractivity contribution in [2.75, 3.05) is 23.7 Å². The number of nitrogens with zero attached hydrogens (tertiary/aromatic N) is 1. The number of carbonyl (C=O) groups is 2. The van der Waals surface area contributed by atoms with Gasteiger partial charge in [-0.15, -0.1) is 0 Å². The van der Waals surface area contributed by atoms with Gasteiger partial charge < -0.3 is 20.9 Å². The molecule has 0 atom stereocenters. The quantitative estimate of drug-likeness (QED) is 0.740. The average molecular weight is 350 g/mol. The molecule has 134 valence electrons. The average Bonchev–Trinajstić information content (AvgIpc) is 2.64. The van der Waals surface area contributed by atoms with Crippen molar-refractivity contribution in [3.05, 3.63) is 59.7 Å². The van der Waals surface area contributed by atoms with Crippen molar-refractivity contribution in [3.8, 4) is 0 Å². The molecule has 4 rings (SSSR count). The summed E-state index contributed by atoms with van der Waals surface area (Å²) >= 11 is 0. The van der Waals surface area contributed by atoms with E-state index >= 15 is 0 Å². The highest BCUT2D eigenvalue weighted by atomic mass is 16.2. The molecule has 2 aliphatic rings. The molecule has 0 radical (unpaired) electrons. The molecule has 0 aromatic heterocycles. The van der Waals surface area contributed by atoms with Crippen molar-refractivity contribution < 1.29 is 9.59 Å². The van der Waals surface area contributed by atoms with Gasteiger partial charge in [0.2, 0.25) is 0 Å². The second-order valence-electron chi connectivity index (χ2n) is 6.99. The zero-order valence-corrected chi connectivity index (χ0v) is 14.7. The van der Waals surface area contributed by atoms with Gasteiger partial charge in [0.15, 0.2) is 0 Å². The normalized spacial score (nSPS) is 17.9. The summed E-state index contributed by atoms with van der Waals surface area (Å²) in [6.45, 7) is 3.13. The third kappa shape index (κ3) is 3.10. The topological polar surface area (TPSA) is 73.5 Å². The number of nitrogens with one attached hydrogen (secondary N) is 3. The van der Waals surface area contributed by atoms with Gasteiger partial charge >= 0.3 is 6.03 Å². The first-order valence-electron chi connectivity index (χ1n) is 8.87. The minimum atomic E-state index is -0.483. The number of amides is 3. The highest BCUT2D eigenvalue weighted by molar-refractivity contribution is 6.02. The van der Waals surface area contributed by atoms with Crippen LogP contribution in [0.25, 0.3) is 0 Å². The lowest BCUT2D eigenvalue weighted by atomic mass is 9.92. The second kappa shape index (κ2) is 6.37. The van der Waals surface area contributed by atoms with Crippen molar-refractivity contribution >= 4 is 23.3 Å². The molecular weight excluding hydrogens is 328 g/mol. The van der Waals surface area contributed by atoms with E-state index in [1.165, 1.54) is 0 Å². The summed E-state index contributed by atoms with van der Waals surface area (Å²) in [5.41, 5.74) is 2.90. The van der Waals surface area contributed by atoms with Crippen LogP contribution in [0.2, 0.25) is 0 Å². The van der Waals surface area contributed by atoms with E-state index in [-0.39, 0.29) is 11.9 Å². The lowest BCUT2D eigenvalue weighted by molar-refractivity contribution is 0.0852. The Hall–Kier alpha value is -3.02. The second-order valence-corrected chi connectivity index (χ2v) is 6.99. The molecule has 6 nitrogen and oxygen atoms in total. The van der Waals surface area contributed by atoms with Gasteiger partial charge in [-0.1, -0.05) is 29.8 Å². The van der Waals surface area contributed by atoms with E-state index in [9.17, 15) is 9.59 Å². The van der Waals surface area contributed by atoms with Gasteiger partial charge in [0.25, 0.3) is 5.91 Å². The van der Waals surface area contributed by atoms with Crippen molar-refractivity contribution in [3.63, 3.8) is 0 Å². The number of anilines is 2. The number of urea groups is 1. The summed E-state index contributed by atoms with van der Waals surface area (Å²) in [6.07, 6.45) is 1.32. The number of fused-ring (bicyclic) bond motifs is 1. The number of para-hydroxylation sites is 1. The zero-order valence-electron chi connectivity index (χ0n) is 14.7. The van der Waals surface area contributed by atoms with Crippen LogP contribution in [0.3, 0.4) is 0 Å². The van der Waals surface area contributed by atoms with Crippen LogP contribution in [0.5, 0.6) is 0 Å². The Bertz CT molecular complexity index is 842. The molecule has 1 fully saturated rings. The standard InChI is InChI=1S/C20H22N4O2/c1-14-7-8-17-16(13-14)18(25)23-20(22-17)9-11-24(12-10-20)19(26)21-15-5-3-2-4-6-15/h2-8,13,22H,9-12H2,1H3,(H,21,26)(H,23,25). The highest BCUT2D eigenvalue weighted by Crippen LogP contribution is 2.32. The number of likely N-dealkylation sites (tertiary alicyclic amines) is 1. The Kier molecular flexibility index (Phi) is 4.03. The predicted molar refractivity (Wildman–Crippen MR) is 101 cm³/mol. The number of hydrogen-bond acceptors (Lipinski definition) is 3. The Morgan fingerprint density at radius 3 is 2.54 bits per heavy atom. The summed E-state index contributed by atoms with van der Waals surface area (Å²) in [6, 6.07) is 15.2. The maximum absolute atomic E-state index is 12.5. The van der Waals surface area contributed by atoms with Crippen LogP contribution in [0.1, 0.15) is 28.8 Å². The first kappa shape index (κ1) is 16.4. The maximum atomic E-state index is 12.5. The Morgan fingerprint density at radius 1 is 1.08 bits per heavy atom. The number of rotatable bonds is 1. The lowest BCUT2D eigenvalue weighted by Gasteiger charge is -2.45. The van der Waals surface area contributed by atoms with E-state index < -0.39 is 5.66 Å². The summed E-state index contributed by atoms with van der Waals surface area (Å²) < 4.78 is 0. The smallest absolute Gasteiger partial charge is 0.321 e. The molecule has 0 bridgehead atoms. The van der Waals surface area contributed by atoms with E-state index in [4.69, 9.17) is 0 Å². The van der Waals surface area contributed by atoms with Crippen LogP contribution < -0.4 is 16.0 Å². The molecule has 2 aromatic carbocycles. The van der Waals surface area contributed by atoms with Crippen molar-refractivity contribution in [2.24, 2.45) is 0 Å². The van der Waals surface area contributed by atoms with Crippen molar-refractivity contribution in [2.45, 2.75) is 25.4 Å². The third-order valence-electron chi connectivity index (χ3n) is 5.08. The van der Waals surface area contributed by atoms with Gasteiger partial charge in [0.05, 0.1) is 5.56 Å². The molecule has 6 heteroatoms. The minimum absolute atomic E-state index is 0.0513. The van der Waals surface area contributed by atoms with E-state index in [1.807, 2.05) is 55.5 Å².